The second kappa shape index (κ2) is 8.48. The van der Waals surface area contributed by atoms with Crippen LogP contribution in [-0.2, 0) is 10.0 Å². The number of halogens is 2. The van der Waals surface area contributed by atoms with Gasteiger partial charge in [-0.2, -0.15) is 4.31 Å². The van der Waals surface area contributed by atoms with Gasteiger partial charge in [-0.3, -0.25) is 15.6 Å². The van der Waals surface area contributed by atoms with Crippen molar-refractivity contribution in [2.45, 2.75) is 24.7 Å². The topological polar surface area (TPSA) is 91.4 Å². The minimum Gasteiger partial charge on any atom is -0.273 e. The molecular weight excluding hydrogens is 446 g/mol. The molecule has 1 saturated heterocycles. The Morgan fingerprint density at radius 1 is 1.23 bits per heavy atom. The number of thiazole rings is 1. The summed E-state index contributed by atoms with van der Waals surface area (Å²) in [4.78, 5) is 16.5. The van der Waals surface area contributed by atoms with Gasteiger partial charge in [-0.1, -0.05) is 18.3 Å². The van der Waals surface area contributed by atoms with E-state index in [2.05, 4.69) is 15.8 Å². The molecule has 0 bridgehead atoms. The predicted molar refractivity (Wildman–Crippen MR) is 114 cm³/mol. The highest BCUT2D eigenvalue weighted by Crippen LogP contribution is 2.28. The predicted octanol–water partition coefficient (Wildman–Crippen LogP) is 3.75. The van der Waals surface area contributed by atoms with Crippen molar-refractivity contribution in [2.75, 3.05) is 18.5 Å². The molecule has 3 aromatic rings. The van der Waals surface area contributed by atoms with Gasteiger partial charge >= 0.3 is 0 Å². The molecule has 164 valence electrons. The second-order valence-electron chi connectivity index (χ2n) is 7.47. The molecule has 2 N–H and O–H groups in total. The van der Waals surface area contributed by atoms with Gasteiger partial charge in [0, 0.05) is 24.7 Å². The molecule has 4 rings (SSSR count). The van der Waals surface area contributed by atoms with Crippen LogP contribution in [0.25, 0.3) is 10.2 Å². The van der Waals surface area contributed by atoms with Crippen LogP contribution in [0, 0.1) is 17.6 Å². The molecule has 1 fully saturated rings. The van der Waals surface area contributed by atoms with Gasteiger partial charge in [-0.15, -0.1) is 0 Å². The SMILES string of the molecule is C[C@@H]1CCCN(S(=O)(=O)c2ccc(C(=O)NNc3nc4c(F)cc(F)cc4s3)cc2)C1. The van der Waals surface area contributed by atoms with Crippen LogP contribution in [0.15, 0.2) is 41.3 Å². The third-order valence-electron chi connectivity index (χ3n) is 5.07. The lowest BCUT2D eigenvalue weighted by Gasteiger charge is -2.30. The summed E-state index contributed by atoms with van der Waals surface area (Å²) in [6.07, 6.45) is 1.84. The van der Waals surface area contributed by atoms with Gasteiger partial charge in [0.2, 0.25) is 15.2 Å². The maximum absolute atomic E-state index is 13.8. The molecule has 1 aliphatic heterocycles. The van der Waals surface area contributed by atoms with Crippen molar-refractivity contribution in [2.24, 2.45) is 5.92 Å². The molecular formula is C20H20F2N4O3S2. The first-order valence-electron chi connectivity index (χ1n) is 9.66. The van der Waals surface area contributed by atoms with E-state index in [0.29, 0.717) is 23.7 Å². The smallest absolute Gasteiger partial charge is 0.269 e. The van der Waals surface area contributed by atoms with Crippen molar-refractivity contribution < 1.29 is 22.0 Å². The van der Waals surface area contributed by atoms with E-state index in [1.165, 1.54) is 28.6 Å². The molecule has 7 nitrogen and oxygen atoms in total. The van der Waals surface area contributed by atoms with Crippen molar-refractivity contribution in [3.63, 3.8) is 0 Å². The highest BCUT2D eigenvalue weighted by atomic mass is 32.2. The molecule has 2 aromatic carbocycles. The molecule has 0 saturated carbocycles. The summed E-state index contributed by atoms with van der Waals surface area (Å²) in [5.41, 5.74) is 5.23. The molecule has 1 aliphatic rings. The lowest BCUT2D eigenvalue weighted by molar-refractivity contribution is 0.0962. The molecule has 0 aliphatic carbocycles. The summed E-state index contributed by atoms with van der Waals surface area (Å²) in [6.45, 7) is 3.01. The number of aromatic nitrogens is 1. The summed E-state index contributed by atoms with van der Waals surface area (Å²) < 4.78 is 54.5. The number of carbonyl (C=O) groups excluding carboxylic acids is 1. The van der Waals surface area contributed by atoms with Crippen molar-refractivity contribution in [1.29, 1.82) is 0 Å². The van der Waals surface area contributed by atoms with E-state index in [-0.39, 0.29) is 21.1 Å². The number of hydrazine groups is 1. The quantitative estimate of drug-likeness (QED) is 0.559. The zero-order valence-electron chi connectivity index (χ0n) is 16.6. The largest absolute Gasteiger partial charge is 0.273 e. The Kier molecular flexibility index (Phi) is 5.91. The number of hydrogen-bond donors (Lipinski definition) is 2. The lowest BCUT2D eigenvalue weighted by Crippen LogP contribution is -2.39. The van der Waals surface area contributed by atoms with Crippen LogP contribution in [0.2, 0.25) is 0 Å². The molecule has 1 aromatic heterocycles. The van der Waals surface area contributed by atoms with Gasteiger partial charge < -0.3 is 0 Å². The van der Waals surface area contributed by atoms with E-state index in [9.17, 15) is 22.0 Å². The molecule has 1 amide bonds. The van der Waals surface area contributed by atoms with Crippen LogP contribution >= 0.6 is 11.3 Å². The maximum Gasteiger partial charge on any atom is 0.269 e. The number of sulfonamides is 1. The van der Waals surface area contributed by atoms with Gasteiger partial charge in [0.15, 0.2) is 5.82 Å². The lowest BCUT2D eigenvalue weighted by atomic mass is 10.0. The molecule has 11 heteroatoms. The number of benzene rings is 2. The number of rotatable bonds is 5. The number of anilines is 1. The number of fused-ring (bicyclic) bond motifs is 1. The first-order chi connectivity index (χ1) is 14.7. The number of carbonyl (C=O) groups is 1. The third-order valence-corrected chi connectivity index (χ3v) is 7.87. The zero-order chi connectivity index (χ0) is 22.2. The van der Waals surface area contributed by atoms with Crippen molar-refractivity contribution in [3.8, 4) is 0 Å². The van der Waals surface area contributed by atoms with Crippen LogP contribution in [0.3, 0.4) is 0 Å². The van der Waals surface area contributed by atoms with E-state index in [0.717, 1.165) is 36.3 Å². The van der Waals surface area contributed by atoms with Crippen LogP contribution in [0.1, 0.15) is 30.1 Å². The van der Waals surface area contributed by atoms with Crippen LogP contribution in [0.4, 0.5) is 13.9 Å². The summed E-state index contributed by atoms with van der Waals surface area (Å²) in [7, 11) is -3.60. The van der Waals surface area contributed by atoms with E-state index in [1.54, 1.807) is 0 Å². The minimum absolute atomic E-state index is 0.00439. The number of amides is 1. The number of hydrogen-bond acceptors (Lipinski definition) is 6. The number of piperidine rings is 1. The Labute approximate surface area is 182 Å². The first kappa shape index (κ1) is 21.6. The zero-order valence-corrected chi connectivity index (χ0v) is 18.2. The van der Waals surface area contributed by atoms with Gasteiger partial charge in [0.25, 0.3) is 5.91 Å². The third kappa shape index (κ3) is 4.53. The molecule has 0 radical (unpaired) electrons. The van der Waals surface area contributed by atoms with Gasteiger partial charge in [0.1, 0.15) is 11.3 Å². The Morgan fingerprint density at radius 3 is 2.68 bits per heavy atom. The van der Waals surface area contributed by atoms with E-state index < -0.39 is 27.6 Å². The Hall–Kier alpha value is -2.63. The standard InChI is InChI=1S/C20H20F2N4O3S2/c1-12-3-2-8-26(11-12)31(28,29)15-6-4-13(5-7-15)19(27)24-25-20-23-18-16(22)9-14(21)10-17(18)30-20/h4-7,9-10,12H,2-3,8,11H2,1H3,(H,23,25)(H,24,27)/t12-/m1/s1. The number of nitrogens with one attached hydrogen (secondary N) is 2. The van der Waals surface area contributed by atoms with Gasteiger partial charge in [-0.25, -0.2) is 22.2 Å². The average molecular weight is 467 g/mol. The molecule has 0 spiro atoms. The van der Waals surface area contributed by atoms with E-state index >= 15 is 0 Å². The monoisotopic (exact) mass is 466 g/mol. The summed E-state index contributed by atoms with van der Waals surface area (Å²) in [5, 5.41) is 0.186. The highest BCUT2D eigenvalue weighted by molar-refractivity contribution is 7.89. The molecule has 1 atom stereocenters. The highest BCUT2D eigenvalue weighted by Gasteiger charge is 2.28. The maximum atomic E-state index is 13.8. The molecule has 31 heavy (non-hydrogen) atoms. The molecule has 2 heterocycles. The van der Waals surface area contributed by atoms with Crippen LogP contribution < -0.4 is 10.9 Å². The van der Waals surface area contributed by atoms with Gasteiger partial charge in [0.05, 0.1) is 9.60 Å². The van der Waals surface area contributed by atoms with Crippen LogP contribution in [0.5, 0.6) is 0 Å². The second-order valence-corrected chi connectivity index (χ2v) is 10.4. The fourth-order valence-corrected chi connectivity index (χ4v) is 5.94. The van der Waals surface area contributed by atoms with E-state index in [1.807, 2.05) is 6.92 Å². The normalized spacial score (nSPS) is 17.6. The Bertz CT molecular complexity index is 1230. The van der Waals surface area contributed by atoms with Crippen molar-refractivity contribution >= 4 is 42.6 Å². The van der Waals surface area contributed by atoms with Gasteiger partial charge in [-0.05, 0) is 49.1 Å². The summed E-state index contributed by atoms with van der Waals surface area (Å²) in [6, 6.07) is 7.55. The van der Waals surface area contributed by atoms with E-state index in [4.69, 9.17) is 0 Å². The van der Waals surface area contributed by atoms with Crippen LogP contribution in [-0.4, -0.2) is 36.7 Å². The Balaban J connectivity index is 1.43. The average Bonchev–Trinajstić information content (AvgIpc) is 3.15. The fourth-order valence-electron chi connectivity index (χ4n) is 3.49. The van der Waals surface area contributed by atoms with Crippen molar-refractivity contribution in [3.05, 3.63) is 53.6 Å². The molecule has 0 unspecified atom stereocenters. The fraction of sp³-hybridized carbons (Fsp3) is 0.300. The number of nitrogens with zero attached hydrogens (tertiary/aromatic N) is 2. The summed E-state index contributed by atoms with van der Waals surface area (Å²) in [5.74, 6) is -1.71. The Morgan fingerprint density at radius 2 is 1.97 bits per heavy atom. The van der Waals surface area contributed by atoms with Crippen molar-refractivity contribution in [1.82, 2.24) is 14.7 Å². The minimum atomic E-state index is -3.60. The first-order valence-corrected chi connectivity index (χ1v) is 11.9. The summed E-state index contributed by atoms with van der Waals surface area (Å²) >= 11 is 0.983.